The Bertz CT molecular complexity index is 4210. The molecule has 8 aliphatic carbocycles. The minimum absolute atomic E-state index is 0. The zero-order valence-corrected chi connectivity index (χ0v) is 83.2. The quantitative estimate of drug-likeness (QED) is 0.0437. The number of Topliss-reactive ketones (excluding diaryl/α,β-unsaturated/α-hetero) is 4. The van der Waals surface area contributed by atoms with Gasteiger partial charge in [-0.1, -0.05) is 370 Å². The second-order valence-corrected chi connectivity index (χ2v) is 37.1. The maximum atomic E-state index is 12.0. The van der Waals surface area contributed by atoms with E-state index in [1.807, 2.05) is 48.5 Å². The fraction of sp³-hybridized carbons (Fsp3) is 0.483. The van der Waals surface area contributed by atoms with Gasteiger partial charge in [0.15, 0.2) is 0 Å². The number of carbonyl (C=O) groups is 4. The smallest absolute Gasteiger partial charge is 0.133 e. The molecule has 8 fully saturated rings. The molecule has 8 aromatic rings. The molecule has 8 aliphatic rings. The summed E-state index contributed by atoms with van der Waals surface area (Å²) in [6.07, 6.45) is 55.6. The molecule has 0 spiro atoms. The van der Waals surface area contributed by atoms with E-state index >= 15 is 0 Å². The van der Waals surface area contributed by atoms with Crippen LogP contribution < -0.4 is 0 Å². The van der Waals surface area contributed by atoms with E-state index in [1.165, 1.54) is 302 Å². The molecule has 0 amide bonds. The Morgan fingerprint density at radius 1 is 0.211 bits per heavy atom. The average Bonchev–Trinajstić information content (AvgIpc) is 1.38. The molecule has 0 radical (unpaired) electrons. The van der Waals surface area contributed by atoms with Gasteiger partial charge in [-0.3, -0.25) is 4.79 Å². The van der Waals surface area contributed by atoms with Gasteiger partial charge < -0.3 is 34.8 Å². The summed E-state index contributed by atoms with van der Waals surface area (Å²) in [5.41, 5.74) is 24.8. The second-order valence-electron chi connectivity index (χ2n) is 37.1. The molecular weight excluding hydrogens is 1740 g/mol. The molecule has 16 rings (SSSR count). The Labute approximate surface area is 814 Å². The van der Waals surface area contributed by atoms with Crippen molar-refractivity contribution in [3.63, 3.8) is 0 Å². The van der Waals surface area contributed by atoms with Crippen molar-refractivity contribution in [1.82, 2.24) is 0 Å². The van der Waals surface area contributed by atoms with Gasteiger partial charge in [0.05, 0.1) is 0 Å². The summed E-state index contributed by atoms with van der Waals surface area (Å²) in [5, 5.41) is 38.8. The molecule has 0 unspecified atom stereocenters. The second kappa shape index (κ2) is 62.2. The van der Waals surface area contributed by atoms with Crippen molar-refractivity contribution in [3.05, 3.63) is 283 Å². The molecule has 8 saturated carbocycles. The standard InChI is InChI=1S/C25H30O2.2C24H28O2.C23H26O2.4C5H10.4Fe/c1-18-10-12-21(13-11-18)25(22-14-16-23(27)17-15-22)24(9-5-6-19(2)26)20-7-3-4-8-20;2*1-17-7-10-20(11-8-17)24(21-12-14-22(26)15-13-21)23(16-9-18(2)25)19-5-3-4-6-19;1-16-7-9-19(10-8-16)23(20-11-13-21(25)14-12-20)22(15-17(2)24)18-5-3-4-6-18;4*1-2-4-5-3-1;;;;/h10-17,20,27H,3-9H2,1-2H3;2*7-8,10-15,19,26H,3-6,9,16H2,1-2H3;7-14,18,25H,3-6,15H2,1-2H3;4*1-5H2;;;;/b25-24+;2*24-23+;23-22+;;;;;;;;. The average molecular weight is 1900 g/mol. The van der Waals surface area contributed by atoms with E-state index in [9.17, 15) is 39.6 Å². The van der Waals surface area contributed by atoms with Crippen LogP contribution in [-0.4, -0.2) is 43.6 Å². The van der Waals surface area contributed by atoms with Crippen LogP contribution in [0.5, 0.6) is 23.0 Å². The molecular formula is C116H152Fe4O8. The molecule has 696 valence electrons. The van der Waals surface area contributed by atoms with Crippen LogP contribution in [0.3, 0.4) is 0 Å². The van der Waals surface area contributed by atoms with Crippen molar-refractivity contribution in [2.75, 3.05) is 0 Å². The van der Waals surface area contributed by atoms with Gasteiger partial charge in [0.2, 0.25) is 0 Å². The van der Waals surface area contributed by atoms with Crippen LogP contribution in [0.4, 0.5) is 0 Å². The normalized spacial score (nSPS) is 16.6. The molecule has 0 aromatic heterocycles. The third-order valence-corrected chi connectivity index (χ3v) is 26.6. The van der Waals surface area contributed by atoms with Gasteiger partial charge in [0, 0.05) is 94.0 Å². The van der Waals surface area contributed by atoms with E-state index in [4.69, 9.17) is 0 Å². The molecule has 0 bridgehead atoms. The summed E-state index contributed by atoms with van der Waals surface area (Å²) in [6, 6.07) is 64.5. The number of benzene rings is 8. The summed E-state index contributed by atoms with van der Waals surface area (Å²) in [4.78, 5) is 46.9. The molecule has 0 saturated heterocycles. The number of phenols is 4. The zero-order chi connectivity index (χ0) is 88.2. The first kappa shape index (κ1) is 111. The maximum absolute atomic E-state index is 12.0. The Hall–Kier alpha value is -7.32. The summed E-state index contributed by atoms with van der Waals surface area (Å²) in [5.74, 6) is 4.28. The third kappa shape index (κ3) is 39.2. The topological polar surface area (TPSA) is 149 Å². The van der Waals surface area contributed by atoms with E-state index in [0.29, 0.717) is 55.1 Å². The Morgan fingerprint density at radius 2 is 0.375 bits per heavy atom. The van der Waals surface area contributed by atoms with Gasteiger partial charge in [0.25, 0.3) is 0 Å². The van der Waals surface area contributed by atoms with Gasteiger partial charge in [-0.2, -0.15) is 0 Å². The van der Waals surface area contributed by atoms with Crippen molar-refractivity contribution in [1.29, 1.82) is 0 Å². The first-order chi connectivity index (χ1) is 60.2. The van der Waals surface area contributed by atoms with Gasteiger partial charge in [-0.05, 0) is 271 Å². The summed E-state index contributed by atoms with van der Waals surface area (Å²) in [6.45, 7) is 15.1. The van der Waals surface area contributed by atoms with Crippen LogP contribution >= 0.6 is 0 Å². The number of phenolic OH excluding ortho intramolecular Hbond substituents is 4. The van der Waals surface area contributed by atoms with Crippen molar-refractivity contribution < 1.29 is 108 Å². The summed E-state index contributed by atoms with van der Waals surface area (Å²) < 4.78 is 0. The molecule has 8 aromatic carbocycles. The number of hydrogen-bond donors (Lipinski definition) is 4. The van der Waals surface area contributed by atoms with Gasteiger partial charge in [-0.25, -0.2) is 0 Å². The first-order valence-electron chi connectivity index (χ1n) is 48.5. The summed E-state index contributed by atoms with van der Waals surface area (Å²) in [7, 11) is 0. The minimum Gasteiger partial charge on any atom is -0.508 e. The number of ketones is 4. The van der Waals surface area contributed by atoms with Gasteiger partial charge in [-0.15, -0.1) is 0 Å². The molecule has 0 heterocycles. The monoisotopic (exact) mass is 1900 g/mol. The van der Waals surface area contributed by atoms with Crippen LogP contribution in [-0.2, 0) is 87.5 Å². The predicted octanol–water partition coefficient (Wildman–Crippen LogP) is 32.0. The number of aryl methyl sites for hydroxylation is 4. The number of aromatic hydroxyl groups is 4. The van der Waals surface area contributed by atoms with E-state index < -0.39 is 0 Å². The fourth-order valence-electron chi connectivity index (χ4n) is 19.6. The van der Waals surface area contributed by atoms with Crippen LogP contribution in [0.25, 0.3) is 22.3 Å². The predicted molar refractivity (Wildman–Crippen MR) is 521 cm³/mol. The Balaban J connectivity index is 0.000000277. The van der Waals surface area contributed by atoms with Crippen LogP contribution in [0.15, 0.2) is 216 Å². The van der Waals surface area contributed by atoms with E-state index in [2.05, 4.69) is 125 Å². The van der Waals surface area contributed by atoms with Crippen molar-refractivity contribution in [3.8, 4) is 23.0 Å². The van der Waals surface area contributed by atoms with Crippen LogP contribution in [0.1, 0.15) is 377 Å². The SMILES string of the molecule is C1CCCC1.C1CCCC1.C1CCCC1.C1CCCC1.CC(=O)C/C(=C(/c1ccc(C)cc1)c1ccc(O)cc1)C1CCCC1.CC(=O)CC/C(=C(/c1ccc(C)cc1)c1ccc(O)cc1)C1CCCC1.CC(=O)CC/C(=C(/c1ccc(C)cc1)c1ccc(O)cc1)C1CCCC1.CC(=O)CCC/C(=C(/c1ccc(C)cc1)c1ccc(O)cc1)C1CCCC1.[Fe].[Fe].[Fe].[Fe]. The van der Waals surface area contributed by atoms with E-state index in [0.717, 1.165) is 66.3 Å². The third-order valence-electron chi connectivity index (χ3n) is 26.6. The zero-order valence-electron chi connectivity index (χ0n) is 78.7. The van der Waals surface area contributed by atoms with Crippen LogP contribution in [0.2, 0.25) is 0 Å². The van der Waals surface area contributed by atoms with Crippen molar-refractivity contribution in [2.24, 2.45) is 23.7 Å². The van der Waals surface area contributed by atoms with E-state index in [-0.39, 0.29) is 109 Å². The maximum Gasteiger partial charge on any atom is 0.133 e. The molecule has 128 heavy (non-hydrogen) atoms. The Morgan fingerprint density at radius 3 is 0.555 bits per heavy atom. The number of rotatable bonds is 24. The van der Waals surface area contributed by atoms with Crippen molar-refractivity contribution >= 4 is 45.4 Å². The number of allylic oxidation sites excluding steroid dienone is 4. The molecule has 0 atom stereocenters. The first-order valence-corrected chi connectivity index (χ1v) is 48.5. The minimum atomic E-state index is 0. The molecule has 12 heteroatoms. The molecule has 0 aliphatic heterocycles. The van der Waals surface area contributed by atoms with Gasteiger partial charge >= 0.3 is 0 Å². The molecule has 4 N–H and O–H groups in total. The number of hydrogen-bond acceptors (Lipinski definition) is 8. The fourth-order valence-corrected chi connectivity index (χ4v) is 19.6. The molecule has 8 nitrogen and oxygen atoms in total. The van der Waals surface area contributed by atoms with E-state index in [1.54, 1.807) is 76.2 Å². The largest absolute Gasteiger partial charge is 0.508 e. The summed E-state index contributed by atoms with van der Waals surface area (Å²) >= 11 is 0. The van der Waals surface area contributed by atoms with Crippen LogP contribution in [0, 0.1) is 51.4 Å². The Kier molecular flexibility index (Phi) is 54.0. The van der Waals surface area contributed by atoms with Gasteiger partial charge in [0.1, 0.15) is 46.1 Å². The van der Waals surface area contributed by atoms with Crippen molar-refractivity contribution in [2.45, 2.75) is 338 Å². The number of carbonyl (C=O) groups excluding carboxylic acids is 4.